The zero-order chi connectivity index (χ0) is 42.0. The van der Waals surface area contributed by atoms with Crippen LogP contribution in [0.3, 0.4) is 0 Å². The van der Waals surface area contributed by atoms with Crippen molar-refractivity contribution in [2.45, 2.75) is 67.5 Å². The van der Waals surface area contributed by atoms with Crippen LogP contribution in [0.2, 0.25) is 0 Å². The van der Waals surface area contributed by atoms with Crippen molar-refractivity contribution in [3.05, 3.63) is 121 Å². The number of oxime groups is 4. The first-order valence-corrected chi connectivity index (χ1v) is 20.0. The van der Waals surface area contributed by atoms with Gasteiger partial charge >= 0.3 is 30.2 Å². The van der Waals surface area contributed by atoms with Crippen molar-refractivity contribution in [3.8, 4) is 0 Å². The second-order valence-corrected chi connectivity index (χ2v) is 14.5. The minimum atomic E-state index is -2.39. The molecule has 57 heavy (non-hydrogen) atoms. The minimum absolute atomic E-state index is 0. The van der Waals surface area contributed by atoms with Gasteiger partial charge in [0.05, 0.1) is 33.5 Å². The summed E-state index contributed by atoms with van der Waals surface area (Å²) in [4.78, 5) is 0. The Morgan fingerprint density at radius 1 is 0.421 bits per heavy atom. The second kappa shape index (κ2) is 29.7. The van der Waals surface area contributed by atoms with E-state index in [9.17, 15) is 0 Å². The van der Waals surface area contributed by atoms with Gasteiger partial charge in [0.25, 0.3) is 0 Å². The largest absolute Gasteiger partial charge is 4.00 e. The number of rotatable bonds is 4. The number of alkyl halides is 4. The van der Waals surface area contributed by atoms with E-state index in [2.05, 4.69) is 20.6 Å². The van der Waals surface area contributed by atoms with Crippen molar-refractivity contribution in [3.63, 3.8) is 0 Å². The Labute approximate surface area is 369 Å². The van der Waals surface area contributed by atoms with Crippen molar-refractivity contribution in [2.24, 2.45) is 32.1 Å². The predicted molar refractivity (Wildman–Crippen MR) is 244 cm³/mol. The maximum atomic E-state index is 6.35. The fraction of sp³-hybridized carbons (Fsp3) is 0.300. The first-order valence-electron chi connectivity index (χ1n) is 17.9. The van der Waals surface area contributed by atoms with Crippen LogP contribution in [0.25, 0.3) is 0 Å². The molecule has 10 nitrogen and oxygen atoms in total. The third-order valence-corrected chi connectivity index (χ3v) is 7.35. The summed E-state index contributed by atoms with van der Waals surface area (Å²) >= 11 is 19.1. The molecule has 4 aromatic carbocycles. The molecule has 4 N–H and O–H groups in total. The molecule has 0 aromatic heterocycles. The van der Waals surface area contributed by atoms with Crippen LogP contribution in [-0.4, -0.2) is 58.7 Å². The molecular formula is C40H54B2Cl4FeN6O4+2. The van der Waals surface area contributed by atoms with Crippen LogP contribution in [0.15, 0.2) is 142 Å². The van der Waals surface area contributed by atoms with Gasteiger partial charge in [0, 0.05) is 0 Å². The summed E-state index contributed by atoms with van der Waals surface area (Å²) in [5.41, 5.74) is 15.2. The standard InChI is InChI=1S/C32H32B2N4O4.2C3H9N.2CH2Cl2.Fe/c1-25-26(2)36-40-34(31-21-13-7-14-22-31,32-23-15-8-16-24-32)42-38-28(4)27(3)37-41-33(39-35-25,29-17-9-5-10-18-29)30-19-11-6-12-20-30;2*1-3(2)4;2*2-1-3;/h5-24H,1-4H3;2*3H,4H2,1-2H3;2*1H2;/q-2;;;;;+4/b35-25+,36-26+,37-27+,38-28+;;;;;. The SMILES string of the molecule is CC(C)N.CC(C)N.CC1=N\O[B-](c2ccccc2)(c2ccccc2)O/N=C(C)/C(C)=N/O[B-](c2ccccc2)(c2ccccc2)O\N=C\1C.ClCCl.ClCCl.[Fe+4]. The maximum absolute atomic E-state index is 6.35. The molecule has 17 heteroatoms. The third kappa shape index (κ3) is 18.7. The molecule has 0 saturated carbocycles. The summed E-state index contributed by atoms with van der Waals surface area (Å²) in [5.74, 6) is 0. The van der Waals surface area contributed by atoms with Crippen molar-refractivity contribution >= 4 is 104 Å². The van der Waals surface area contributed by atoms with Crippen molar-refractivity contribution in [2.75, 3.05) is 10.7 Å². The molecule has 0 amide bonds. The molecule has 5 rings (SSSR count). The quantitative estimate of drug-likeness (QED) is 0.160. The third-order valence-electron chi connectivity index (χ3n) is 7.35. The number of hydrogen-bond acceptors (Lipinski definition) is 10. The fourth-order valence-corrected chi connectivity index (χ4v) is 4.61. The number of hydrogen-bond donors (Lipinski definition) is 2. The van der Waals surface area contributed by atoms with Crippen LogP contribution >= 0.6 is 46.4 Å². The molecule has 308 valence electrons. The average molecular weight is 902 g/mol. The predicted octanol–water partition coefficient (Wildman–Crippen LogP) is 7.63. The van der Waals surface area contributed by atoms with Gasteiger partial charge in [-0.2, -0.15) is 0 Å². The van der Waals surface area contributed by atoms with Gasteiger partial charge in [-0.3, -0.25) is 0 Å². The van der Waals surface area contributed by atoms with E-state index >= 15 is 0 Å². The van der Waals surface area contributed by atoms with E-state index < -0.39 is 13.1 Å². The first kappa shape index (κ1) is 53.5. The molecule has 0 radical (unpaired) electrons. The Hall–Kier alpha value is -3.51. The topological polar surface area (TPSA) is 138 Å². The molecule has 4 aromatic rings. The van der Waals surface area contributed by atoms with Crippen molar-refractivity contribution in [1.29, 1.82) is 0 Å². The van der Waals surface area contributed by atoms with E-state index in [4.69, 9.17) is 76.9 Å². The number of nitrogens with zero attached hydrogens (tertiary/aromatic N) is 4. The molecule has 0 bridgehead atoms. The Kier molecular flexibility index (Phi) is 27.8. The summed E-state index contributed by atoms with van der Waals surface area (Å²) in [6.45, 7) is 10.2. The summed E-state index contributed by atoms with van der Waals surface area (Å²) in [6.07, 6.45) is 0. The molecule has 0 fully saturated rings. The van der Waals surface area contributed by atoms with E-state index in [0.29, 0.717) is 34.9 Å². The van der Waals surface area contributed by atoms with E-state index in [1.54, 1.807) is 27.7 Å². The Morgan fingerprint density at radius 2 is 0.561 bits per heavy atom. The molecule has 0 aliphatic carbocycles. The summed E-state index contributed by atoms with van der Waals surface area (Å²) in [5, 5.41) is 18.4. The molecule has 0 unspecified atom stereocenters. The van der Waals surface area contributed by atoms with Gasteiger partial charge in [-0.15, -0.1) is 88.9 Å². The van der Waals surface area contributed by atoms with Crippen LogP contribution in [0.5, 0.6) is 0 Å². The smallest absolute Gasteiger partial charge is 0.567 e. The normalized spacial score (nSPS) is 18.0. The first-order chi connectivity index (χ1) is 26.7. The number of benzene rings is 4. The van der Waals surface area contributed by atoms with Crippen LogP contribution in [0.4, 0.5) is 0 Å². The average Bonchev–Trinajstić information content (AvgIpc) is 3.19. The molecule has 1 aliphatic heterocycles. The van der Waals surface area contributed by atoms with E-state index in [1.807, 2.05) is 149 Å². The maximum Gasteiger partial charge on any atom is 4.00 e. The van der Waals surface area contributed by atoms with Gasteiger partial charge in [0.2, 0.25) is 0 Å². The molecule has 0 atom stereocenters. The van der Waals surface area contributed by atoms with Gasteiger partial charge in [-0.05, 0) is 39.8 Å². The van der Waals surface area contributed by atoms with Crippen LogP contribution < -0.4 is 33.3 Å². The molecule has 1 heterocycles. The van der Waals surface area contributed by atoms with Gasteiger partial charge in [0.1, 0.15) is 0 Å². The fourth-order valence-electron chi connectivity index (χ4n) is 4.61. The van der Waals surface area contributed by atoms with Crippen LogP contribution in [0, 0.1) is 0 Å². The molecule has 0 saturated heterocycles. The van der Waals surface area contributed by atoms with Crippen LogP contribution in [-0.2, 0) is 36.1 Å². The van der Waals surface area contributed by atoms with Gasteiger partial charge in [-0.1, -0.05) is 149 Å². The number of halogens is 4. The monoisotopic (exact) mass is 900 g/mol. The Balaban J connectivity index is 0.00000182. The Morgan fingerprint density at radius 3 is 0.702 bits per heavy atom. The van der Waals surface area contributed by atoms with E-state index in [1.165, 1.54) is 0 Å². The molecule has 0 spiro atoms. The molecule has 1 aliphatic rings. The van der Waals surface area contributed by atoms with Crippen molar-refractivity contribution in [1.82, 2.24) is 0 Å². The second-order valence-electron chi connectivity index (χ2n) is 12.9. The summed E-state index contributed by atoms with van der Waals surface area (Å²) < 4.78 is 25.4. The zero-order valence-corrected chi connectivity index (χ0v) is 37.8. The number of nitrogens with two attached hydrogens (primary N) is 2. The van der Waals surface area contributed by atoms with Crippen LogP contribution in [0.1, 0.15) is 55.4 Å². The Bertz CT molecular complexity index is 1520. The summed E-state index contributed by atoms with van der Waals surface area (Å²) in [6, 6.07) is 39.2. The minimum Gasteiger partial charge on any atom is -0.567 e. The van der Waals surface area contributed by atoms with Gasteiger partial charge in [0.15, 0.2) is 0 Å². The van der Waals surface area contributed by atoms with Gasteiger partial charge in [-0.25, -0.2) is 0 Å². The molecular weight excluding hydrogens is 848 g/mol. The van der Waals surface area contributed by atoms with Crippen molar-refractivity contribution < 1.29 is 36.1 Å². The van der Waals surface area contributed by atoms with E-state index in [-0.39, 0.29) is 27.7 Å². The zero-order valence-electron chi connectivity index (χ0n) is 33.7. The van der Waals surface area contributed by atoms with Gasteiger partial charge < -0.3 is 30.5 Å². The van der Waals surface area contributed by atoms with E-state index in [0.717, 1.165) is 21.9 Å². The summed E-state index contributed by atoms with van der Waals surface area (Å²) in [7, 11) is 0.